The Morgan fingerprint density at radius 1 is 1.43 bits per heavy atom. The van der Waals surface area contributed by atoms with Gasteiger partial charge in [0.15, 0.2) is 0 Å². The Labute approximate surface area is 135 Å². The number of hydrogen-bond donors (Lipinski definition) is 1. The molecule has 3 rings (SSSR count). The lowest BCUT2D eigenvalue weighted by atomic mass is 9.88. The van der Waals surface area contributed by atoms with Gasteiger partial charge in [-0.3, -0.25) is 4.90 Å². The summed E-state index contributed by atoms with van der Waals surface area (Å²) in [6.45, 7) is 7.67. The average molecular weight is 355 g/mol. The highest BCUT2D eigenvalue weighted by Crippen LogP contribution is 2.44. The van der Waals surface area contributed by atoms with E-state index in [4.69, 9.17) is 0 Å². The second kappa shape index (κ2) is 5.98. The third-order valence-corrected chi connectivity index (χ3v) is 5.98. The second-order valence-corrected chi connectivity index (χ2v) is 7.59. The summed E-state index contributed by atoms with van der Waals surface area (Å²) < 4.78 is 14.2. The molecule has 116 valence electrons. The van der Waals surface area contributed by atoms with Gasteiger partial charge in [0.2, 0.25) is 0 Å². The molecule has 1 aliphatic carbocycles. The Balaban J connectivity index is 1.81. The van der Waals surface area contributed by atoms with Gasteiger partial charge in [0, 0.05) is 35.7 Å². The fourth-order valence-electron chi connectivity index (χ4n) is 3.48. The average Bonchev–Trinajstić information content (AvgIpc) is 3.29. The van der Waals surface area contributed by atoms with Crippen LogP contribution in [0.5, 0.6) is 0 Å². The normalized spacial score (nSPS) is 30.6. The van der Waals surface area contributed by atoms with Gasteiger partial charge in [0.05, 0.1) is 0 Å². The summed E-state index contributed by atoms with van der Waals surface area (Å²) >= 11 is 3.51. The Morgan fingerprint density at radius 2 is 2.19 bits per heavy atom. The molecule has 0 spiro atoms. The monoisotopic (exact) mass is 354 g/mol. The van der Waals surface area contributed by atoms with Gasteiger partial charge in [-0.2, -0.15) is 0 Å². The van der Waals surface area contributed by atoms with E-state index < -0.39 is 0 Å². The van der Waals surface area contributed by atoms with E-state index in [9.17, 15) is 4.39 Å². The van der Waals surface area contributed by atoms with E-state index in [-0.39, 0.29) is 11.4 Å². The number of rotatable bonds is 4. The fourth-order valence-corrected chi connectivity index (χ4v) is 3.96. The van der Waals surface area contributed by atoms with Crippen LogP contribution in [0.1, 0.15) is 38.7 Å². The number of halogens is 2. The maximum atomic E-state index is 13.3. The molecule has 1 N–H and O–H groups in total. The summed E-state index contributed by atoms with van der Waals surface area (Å²) in [6.07, 6.45) is 3.84. The minimum atomic E-state index is -0.178. The van der Waals surface area contributed by atoms with Crippen LogP contribution in [0.4, 0.5) is 4.39 Å². The van der Waals surface area contributed by atoms with Crippen LogP contribution in [-0.2, 0) is 6.54 Å². The predicted molar refractivity (Wildman–Crippen MR) is 87.7 cm³/mol. The quantitative estimate of drug-likeness (QED) is 0.880. The highest BCUT2D eigenvalue weighted by molar-refractivity contribution is 9.10. The first-order valence-corrected chi connectivity index (χ1v) is 8.74. The van der Waals surface area contributed by atoms with Gasteiger partial charge in [0.25, 0.3) is 0 Å². The van der Waals surface area contributed by atoms with Crippen LogP contribution < -0.4 is 5.32 Å². The molecule has 2 atom stereocenters. The Kier molecular flexibility index (Phi) is 4.40. The lowest BCUT2D eigenvalue weighted by molar-refractivity contribution is 0.0269. The van der Waals surface area contributed by atoms with Crippen LogP contribution >= 0.6 is 15.9 Å². The Morgan fingerprint density at radius 3 is 2.81 bits per heavy atom. The molecule has 1 aliphatic heterocycles. The van der Waals surface area contributed by atoms with E-state index in [1.165, 1.54) is 18.4 Å². The van der Waals surface area contributed by atoms with Crippen molar-refractivity contribution in [1.29, 1.82) is 0 Å². The minimum absolute atomic E-state index is 0.178. The van der Waals surface area contributed by atoms with Crippen molar-refractivity contribution < 1.29 is 4.39 Å². The van der Waals surface area contributed by atoms with E-state index >= 15 is 0 Å². The van der Waals surface area contributed by atoms with Gasteiger partial charge in [-0.05, 0) is 49.8 Å². The van der Waals surface area contributed by atoms with Crippen LogP contribution in [0.2, 0.25) is 0 Å². The Hall–Kier alpha value is -0.450. The third kappa shape index (κ3) is 3.17. The van der Waals surface area contributed by atoms with E-state index in [1.54, 1.807) is 12.1 Å². The first kappa shape index (κ1) is 15.4. The van der Waals surface area contributed by atoms with Crippen LogP contribution in [0.15, 0.2) is 22.7 Å². The number of benzene rings is 1. The smallest absolute Gasteiger partial charge is 0.124 e. The Bertz CT molecular complexity index is 518. The predicted octanol–water partition coefficient (Wildman–Crippen LogP) is 3.94. The summed E-state index contributed by atoms with van der Waals surface area (Å²) in [4.78, 5) is 2.62. The van der Waals surface area contributed by atoms with Crippen molar-refractivity contribution in [2.75, 3.05) is 13.1 Å². The number of piperazine rings is 1. The van der Waals surface area contributed by atoms with E-state index in [2.05, 4.69) is 40.0 Å². The highest BCUT2D eigenvalue weighted by Gasteiger charge is 2.47. The number of hydrogen-bond acceptors (Lipinski definition) is 2. The summed E-state index contributed by atoms with van der Waals surface area (Å²) in [7, 11) is 0. The molecule has 21 heavy (non-hydrogen) atoms. The maximum Gasteiger partial charge on any atom is 0.124 e. The minimum Gasteiger partial charge on any atom is -0.311 e. The molecule has 1 saturated carbocycles. The molecule has 1 aromatic rings. The number of nitrogens with one attached hydrogen (secondary N) is 1. The molecule has 0 bridgehead atoms. The molecule has 4 heteroatoms. The zero-order valence-corrected chi connectivity index (χ0v) is 14.4. The van der Waals surface area contributed by atoms with Crippen molar-refractivity contribution in [2.45, 2.75) is 51.2 Å². The highest BCUT2D eigenvalue weighted by atomic mass is 79.9. The molecule has 2 fully saturated rings. The van der Waals surface area contributed by atoms with Crippen molar-refractivity contribution in [2.24, 2.45) is 5.92 Å². The van der Waals surface area contributed by atoms with Gasteiger partial charge >= 0.3 is 0 Å². The lowest BCUT2D eigenvalue weighted by Gasteiger charge is -2.49. The van der Waals surface area contributed by atoms with Gasteiger partial charge < -0.3 is 5.32 Å². The largest absolute Gasteiger partial charge is 0.311 e. The van der Waals surface area contributed by atoms with Crippen LogP contribution in [0, 0.1) is 11.7 Å². The summed E-state index contributed by atoms with van der Waals surface area (Å²) in [5, 5.41) is 3.71. The maximum absolute atomic E-state index is 13.3. The zero-order chi connectivity index (χ0) is 15.0. The SMILES string of the molecule is CCC1CN(Cc2ccc(F)cc2Br)C(C)(C2CC2)CN1. The molecule has 1 heterocycles. The first-order chi connectivity index (χ1) is 10.0. The molecule has 0 radical (unpaired) electrons. The topological polar surface area (TPSA) is 15.3 Å². The standard InChI is InChI=1S/C17H24BrFN2/c1-3-15-10-21(17(2,11-20-15)13-5-6-13)9-12-4-7-14(19)8-16(12)18/h4,7-8,13,15,20H,3,5-6,9-11H2,1-2H3. The van der Waals surface area contributed by atoms with Crippen molar-refractivity contribution in [3.05, 3.63) is 34.1 Å². The molecule has 1 saturated heterocycles. The zero-order valence-electron chi connectivity index (χ0n) is 12.8. The van der Waals surface area contributed by atoms with Gasteiger partial charge in [-0.15, -0.1) is 0 Å². The molecule has 1 aromatic carbocycles. The van der Waals surface area contributed by atoms with Crippen molar-refractivity contribution >= 4 is 15.9 Å². The van der Waals surface area contributed by atoms with Crippen molar-refractivity contribution in [1.82, 2.24) is 10.2 Å². The second-order valence-electron chi connectivity index (χ2n) is 6.73. The third-order valence-electron chi connectivity index (χ3n) is 5.24. The summed E-state index contributed by atoms with van der Waals surface area (Å²) in [5.41, 5.74) is 1.42. The lowest BCUT2D eigenvalue weighted by Crippen LogP contribution is -2.63. The van der Waals surface area contributed by atoms with E-state index in [0.717, 1.165) is 36.4 Å². The number of nitrogens with zero attached hydrogens (tertiary/aromatic N) is 1. The van der Waals surface area contributed by atoms with E-state index in [1.807, 2.05) is 6.07 Å². The first-order valence-electron chi connectivity index (χ1n) is 7.95. The molecule has 0 aromatic heterocycles. The molecular weight excluding hydrogens is 331 g/mol. The van der Waals surface area contributed by atoms with Gasteiger partial charge in [-0.1, -0.05) is 28.9 Å². The van der Waals surface area contributed by atoms with Crippen LogP contribution in [-0.4, -0.2) is 29.6 Å². The van der Waals surface area contributed by atoms with Gasteiger partial charge in [-0.25, -0.2) is 4.39 Å². The fraction of sp³-hybridized carbons (Fsp3) is 0.647. The van der Waals surface area contributed by atoms with Crippen molar-refractivity contribution in [3.63, 3.8) is 0 Å². The van der Waals surface area contributed by atoms with Crippen LogP contribution in [0.25, 0.3) is 0 Å². The molecule has 2 unspecified atom stereocenters. The molecule has 2 aliphatic rings. The van der Waals surface area contributed by atoms with Gasteiger partial charge in [0.1, 0.15) is 5.82 Å². The van der Waals surface area contributed by atoms with Crippen molar-refractivity contribution in [3.8, 4) is 0 Å². The molecule has 2 nitrogen and oxygen atoms in total. The summed E-state index contributed by atoms with van der Waals surface area (Å²) in [6, 6.07) is 5.61. The molecular formula is C17H24BrFN2. The van der Waals surface area contributed by atoms with Crippen LogP contribution in [0.3, 0.4) is 0 Å². The summed E-state index contributed by atoms with van der Waals surface area (Å²) in [5.74, 6) is 0.629. The molecule has 0 amide bonds. The van der Waals surface area contributed by atoms with E-state index in [0.29, 0.717) is 6.04 Å².